The minimum Gasteiger partial charge on any atom is -0.488 e. The standard InChI is InChI=1S/C32H30O7/c33-30-19-27-26(15-16-32(36-17-18-37-32)21-35-25-9-5-2-6-10-25)28(20-29(27)38-30)39-31(34)24-13-11-23(12-14-24)22-7-3-1-4-8-22/h1-16,26-29H,17-21H2/b16-15+/t26-,27-,28+,29-/m0/s1. The molecule has 6 rings (SSSR count). The van der Waals surface area contributed by atoms with Crippen LogP contribution in [0, 0.1) is 11.8 Å². The molecule has 1 aliphatic carbocycles. The summed E-state index contributed by atoms with van der Waals surface area (Å²) in [5.41, 5.74) is 2.58. The lowest BCUT2D eigenvalue weighted by molar-refractivity contribution is -0.141. The number of carbonyl (C=O) groups excluding carboxylic acids is 2. The second kappa shape index (κ2) is 11.0. The van der Waals surface area contributed by atoms with Crippen molar-refractivity contribution in [3.63, 3.8) is 0 Å². The van der Waals surface area contributed by atoms with Gasteiger partial charge in [0.25, 0.3) is 0 Å². The normalized spacial score (nSPS) is 25.4. The molecule has 0 radical (unpaired) electrons. The van der Waals surface area contributed by atoms with Gasteiger partial charge < -0.3 is 23.7 Å². The molecule has 3 fully saturated rings. The molecule has 0 N–H and O–H groups in total. The van der Waals surface area contributed by atoms with E-state index in [1.165, 1.54) is 0 Å². The summed E-state index contributed by atoms with van der Waals surface area (Å²) in [6.07, 6.45) is 3.80. The molecule has 2 heterocycles. The summed E-state index contributed by atoms with van der Waals surface area (Å²) in [7, 11) is 0. The third kappa shape index (κ3) is 5.60. The largest absolute Gasteiger partial charge is 0.488 e. The summed E-state index contributed by atoms with van der Waals surface area (Å²) >= 11 is 0. The van der Waals surface area contributed by atoms with Crippen molar-refractivity contribution in [2.45, 2.75) is 30.8 Å². The van der Waals surface area contributed by atoms with E-state index >= 15 is 0 Å². The quantitative estimate of drug-likeness (QED) is 0.295. The molecule has 200 valence electrons. The van der Waals surface area contributed by atoms with E-state index in [9.17, 15) is 9.59 Å². The van der Waals surface area contributed by atoms with Crippen molar-refractivity contribution in [2.75, 3.05) is 19.8 Å². The van der Waals surface area contributed by atoms with Gasteiger partial charge in [-0.2, -0.15) is 0 Å². The molecular weight excluding hydrogens is 496 g/mol. The van der Waals surface area contributed by atoms with E-state index in [2.05, 4.69) is 0 Å². The van der Waals surface area contributed by atoms with Gasteiger partial charge in [-0.1, -0.05) is 66.7 Å². The Labute approximate surface area is 227 Å². The summed E-state index contributed by atoms with van der Waals surface area (Å²) in [5.74, 6) is -1.28. The number of carbonyl (C=O) groups is 2. The van der Waals surface area contributed by atoms with Crippen LogP contribution in [0.3, 0.4) is 0 Å². The first-order chi connectivity index (χ1) is 19.1. The first kappa shape index (κ1) is 25.3. The summed E-state index contributed by atoms with van der Waals surface area (Å²) in [6, 6.07) is 26.8. The van der Waals surface area contributed by atoms with Crippen molar-refractivity contribution < 1.29 is 33.3 Å². The van der Waals surface area contributed by atoms with Crippen molar-refractivity contribution in [1.82, 2.24) is 0 Å². The van der Waals surface area contributed by atoms with Gasteiger partial charge in [0, 0.05) is 18.3 Å². The maximum atomic E-state index is 13.1. The summed E-state index contributed by atoms with van der Waals surface area (Å²) in [6.45, 7) is 1.05. The van der Waals surface area contributed by atoms with E-state index in [1.54, 1.807) is 12.1 Å². The maximum absolute atomic E-state index is 13.1. The van der Waals surface area contributed by atoms with Crippen LogP contribution in [-0.2, 0) is 23.7 Å². The number of ether oxygens (including phenoxy) is 5. The van der Waals surface area contributed by atoms with Crippen LogP contribution in [0.4, 0.5) is 0 Å². The first-order valence-electron chi connectivity index (χ1n) is 13.3. The molecule has 2 saturated heterocycles. The van der Waals surface area contributed by atoms with Crippen LogP contribution in [0.5, 0.6) is 5.75 Å². The molecule has 3 aliphatic rings. The average Bonchev–Trinajstić information content (AvgIpc) is 3.67. The predicted molar refractivity (Wildman–Crippen MR) is 143 cm³/mol. The topological polar surface area (TPSA) is 80.3 Å². The zero-order valence-electron chi connectivity index (χ0n) is 21.4. The van der Waals surface area contributed by atoms with Crippen LogP contribution in [0.2, 0.25) is 0 Å². The Kier molecular flexibility index (Phi) is 7.18. The molecule has 7 heteroatoms. The molecular formula is C32H30O7. The number of benzene rings is 3. The highest BCUT2D eigenvalue weighted by atomic mass is 16.8. The summed E-state index contributed by atoms with van der Waals surface area (Å²) in [5, 5.41) is 0. The van der Waals surface area contributed by atoms with Crippen LogP contribution in [0.1, 0.15) is 23.2 Å². The van der Waals surface area contributed by atoms with Gasteiger partial charge >= 0.3 is 11.9 Å². The molecule has 3 aromatic carbocycles. The van der Waals surface area contributed by atoms with Gasteiger partial charge in [-0.25, -0.2) is 4.79 Å². The molecule has 0 aromatic heterocycles. The maximum Gasteiger partial charge on any atom is 0.338 e. The van der Waals surface area contributed by atoms with Gasteiger partial charge in [-0.15, -0.1) is 0 Å². The van der Waals surface area contributed by atoms with Gasteiger partial charge in [-0.05, 0) is 41.5 Å². The third-order valence-electron chi connectivity index (χ3n) is 7.57. The molecule has 0 spiro atoms. The molecule has 1 saturated carbocycles. The smallest absolute Gasteiger partial charge is 0.338 e. The van der Waals surface area contributed by atoms with Crippen molar-refractivity contribution >= 4 is 11.9 Å². The van der Waals surface area contributed by atoms with Crippen molar-refractivity contribution in [2.24, 2.45) is 11.8 Å². The lowest BCUT2D eigenvalue weighted by Gasteiger charge is -2.26. The molecule has 0 unspecified atom stereocenters. The van der Waals surface area contributed by atoms with Crippen LogP contribution >= 0.6 is 0 Å². The monoisotopic (exact) mass is 526 g/mol. The van der Waals surface area contributed by atoms with E-state index in [-0.39, 0.29) is 36.9 Å². The zero-order chi connectivity index (χ0) is 26.7. The highest BCUT2D eigenvalue weighted by Gasteiger charge is 2.51. The Balaban J connectivity index is 1.17. The molecule has 0 bridgehead atoms. The fourth-order valence-corrected chi connectivity index (χ4v) is 5.58. The Hall–Kier alpha value is -3.94. The Morgan fingerprint density at radius 2 is 1.56 bits per heavy atom. The highest BCUT2D eigenvalue weighted by Crippen LogP contribution is 2.44. The molecule has 39 heavy (non-hydrogen) atoms. The Morgan fingerprint density at radius 3 is 2.28 bits per heavy atom. The van der Waals surface area contributed by atoms with Crippen LogP contribution < -0.4 is 4.74 Å². The number of fused-ring (bicyclic) bond motifs is 1. The molecule has 0 amide bonds. The highest BCUT2D eigenvalue weighted by molar-refractivity contribution is 5.90. The fraction of sp³-hybridized carbons (Fsp3) is 0.312. The van der Waals surface area contributed by atoms with Crippen LogP contribution in [-0.4, -0.2) is 49.8 Å². The van der Waals surface area contributed by atoms with Crippen molar-refractivity contribution in [1.29, 1.82) is 0 Å². The molecule has 3 aromatic rings. The summed E-state index contributed by atoms with van der Waals surface area (Å²) < 4.78 is 29.4. The number of hydrogen-bond donors (Lipinski definition) is 0. The lowest BCUT2D eigenvalue weighted by atomic mass is 9.91. The van der Waals surface area contributed by atoms with E-state index in [1.807, 2.05) is 84.9 Å². The van der Waals surface area contributed by atoms with Gasteiger partial charge in [0.1, 0.15) is 24.6 Å². The fourth-order valence-electron chi connectivity index (χ4n) is 5.58. The van der Waals surface area contributed by atoms with Gasteiger partial charge in [0.05, 0.1) is 25.2 Å². The van der Waals surface area contributed by atoms with Crippen molar-refractivity contribution in [3.8, 4) is 16.9 Å². The summed E-state index contributed by atoms with van der Waals surface area (Å²) in [4.78, 5) is 25.2. The number of hydrogen-bond acceptors (Lipinski definition) is 7. The minimum absolute atomic E-state index is 0.0829. The van der Waals surface area contributed by atoms with Gasteiger partial charge in [0.2, 0.25) is 5.79 Å². The second-order valence-electron chi connectivity index (χ2n) is 10.1. The number of rotatable bonds is 8. The van der Waals surface area contributed by atoms with E-state index < -0.39 is 17.9 Å². The molecule has 2 aliphatic heterocycles. The van der Waals surface area contributed by atoms with Gasteiger partial charge in [-0.3, -0.25) is 4.79 Å². The Morgan fingerprint density at radius 1 is 0.897 bits per heavy atom. The third-order valence-corrected chi connectivity index (χ3v) is 7.57. The zero-order valence-corrected chi connectivity index (χ0v) is 21.4. The van der Waals surface area contributed by atoms with Crippen molar-refractivity contribution in [3.05, 3.63) is 103 Å². The molecule has 4 atom stereocenters. The number of para-hydroxylation sites is 1. The first-order valence-corrected chi connectivity index (χ1v) is 13.3. The van der Waals surface area contributed by atoms with Crippen LogP contribution in [0.25, 0.3) is 11.1 Å². The van der Waals surface area contributed by atoms with Crippen LogP contribution in [0.15, 0.2) is 97.1 Å². The SMILES string of the molecule is O=C1C[C@H]2[C@H](/C=C/C3(COc4ccccc4)OCCO3)[C@H](OC(=O)c3ccc(-c4ccccc4)cc3)C[C@@H]2O1. The van der Waals surface area contributed by atoms with E-state index in [4.69, 9.17) is 23.7 Å². The lowest BCUT2D eigenvalue weighted by Crippen LogP contribution is -2.36. The second-order valence-corrected chi connectivity index (χ2v) is 10.1. The Bertz CT molecular complexity index is 1310. The number of esters is 2. The van der Waals surface area contributed by atoms with E-state index in [0.29, 0.717) is 30.9 Å². The van der Waals surface area contributed by atoms with Gasteiger partial charge in [0.15, 0.2) is 0 Å². The minimum atomic E-state index is -1.06. The average molecular weight is 527 g/mol. The van der Waals surface area contributed by atoms with E-state index in [0.717, 1.165) is 11.1 Å². The molecule has 7 nitrogen and oxygen atoms in total. The predicted octanol–water partition coefficient (Wildman–Crippen LogP) is 5.21.